The van der Waals surface area contributed by atoms with Gasteiger partial charge in [0.15, 0.2) is 6.23 Å². The fourth-order valence-corrected chi connectivity index (χ4v) is 3.98. The third-order valence-electron chi connectivity index (χ3n) is 2.70. The number of ether oxygens (including phenoxy) is 1. The van der Waals surface area contributed by atoms with Crippen LogP contribution in [0.2, 0.25) is 0 Å². The standard InChI is InChI=1S/C16H24O5Si/c1-4-19-22(20-5-2,21-6-3)14-18-16(17)13-12-15-10-8-7-9-11-15/h7-13H,4-6,14H2,1-3H3. The monoisotopic (exact) mass is 324 g/mol. The minimum Gasteiger partial charge on any atom is -0.458 e. The summed E-state index contributed by atoms with van der Waals surface area (Å²) in [5.74, 6) is -0.445. The highest BCUT2D eigenvalue weighted by Gasteiger charge is 2.42. The molecular formula is C16H24O5Si. The van der Waals surface area contributed by atoms with Crippen LogP contribution in [0, 0.1) is 0 Å². The molecular weight excluding hydrogens is 300 g/mol. The van der Waals surface area contributed by atoms with E-state index in [0.717, 1.165) is 5.56 Å². The Bertz CT molecular complexity index is 444. The van der Waals surface area contributed by atoms with Crippen molar-refractivity contribution in [3.63, 3.8) is 0 Å². The smallest absolute Gasteiger partial charge is 0.458 e. The third-order valence-corrected chi connectivity index (χ3v) is 5.38. The SMILES string of the molecule is CCO[Si](COC(=O)C=Cc1ccccc1)(OCC)OCC. The van der Waals surface area contributed by atoms with E-state index in [1.54, 1.807) is 6.08 Å². The quantitative estimate of drug-likeness (QED) is 0.376. The topological polar surface area (TPSA) is 54.0 Å². The normalized spacial score (nSPS) is 11.8. The molecule has 0 N–H and O–H groups in total. The van der Waals surface area contributed by atoms with Gasteiger partial charge in [0.25, 0.3) is 0 Å². The van der Waals surface area contributed by atoms with Crippen molar-refractivity contribution in [1.82, 2.24) is 0 Å². The number of esters is 1. The average Bonchev–Trinajstić information content (AvgIpc) is 2.53. The molecule has 0 amide bonds. The van der Waals surface area contributed by atoms with E-state index in [9.17, 15) is 4.79 Å². The van der Waals surface area contributed by atoms with Gasteiger partial charge in [0.05, 0.1) is 0 Å². The van der Waals surface area contributed by atoms with Crippen molar-refractivity contribution in [1.29, 1.82) is 0 Å². The fraction of sp³-hybridized carbons (Fsp3) is 0.438. The molecule has 0 fully saturated rings. The van der Waals surface area contributed by atoms with Crippen molar-refractivity contribution in [2.75, 3.05) is 26.1 Å². The molecule has 1 aromatic rings. The zero-order valence-electron chi connectivity index (χ0n) is 13.4. The molecule has 6 heteroatoms. The van der Waals surface area contributed by atoms with E-state index in [2.05, 4.69) is 0 Å². The van der Waals surface area contributed by atoms with Crippen LogP contribution in [0.4, 0.5) is 0 Å². The Hall–Kier alpha value is -1.47. The van der Waals surface area contributed by atoms with Crippen LogP contribution >= 0.6 is 0 Å². The van der Waals surface area contributed by atoms with Gasteiger partial charge in [-0.05, 0) is 32.4 Å². The minimum atomic E-state index is -2.94. The van der Waals surface area contributed by atoms with Crippen LogP contribution in [0.3, 0.4) is 0 Å². The van der Waals surface area contributed by atoms with Gasteiger partial charge in [0, 0.05) is 25.9 Å². The first-order valence-electron chi connectivity index (χ1n) is 7.47. The van der Waals surface area contributed by atoms with Crippen LogP contribution in [-0.4, -0.2) is 40.8 Å². The largest absolute Gasteiger partial charge is 0.540 e. The van der Waals surface area contributed by atoms with E-state index in [1.807, 2.05) is 51.1 Å². The van der Waals surface area contributed by atoms with Gasteiger partial charge in [0.1, 0.15) is 0 Å². The van der Waals surface area contributed by atoms with Crippen LogP contribution in [0.25, 0.3) is 6.08 Å². The Morgan fingerprint density at radius 3 is 2.05 bits per heavy atom. The van der Waals surface area contributed by atoms with E-state index >= 15 is 0 Å². The summed E-state index contributed by atoms with van der Waals surface area (Å²) in [6.07, 6.45) is 3.10. The first-order chi connectivity index (χ1) is 10.7. The summed E-state index contributed by atoms with van der Waals surface area (Å²) in [6.45, 7) is 6.92. The lowest BCUT2D eigenvalue weighted by molar-refractivity contribution is -0.137. The lowest BCUT2D eigenvalue weighted by Gasteiger charge is -2.27. The molecule has 0 spiro atoms. The van der Waals surface area contributed by atoms with Crippen LogP contribution < -0.4 is 0 Å². The molecule has 122 valence electrons. The molecule has 0 unspecified atom stereocenters. The number of carbonyl (C=O) groups excluding carboxylic acids is 1. The van der Waals surface area contributed by atoms with Gasteiger partial charge >= 0.3 is 14.8 Å². The van der Waals surface area contributed by atoms with Crippen molar-refractivity contribution in [3.05, 3.63) is 42.0 Å². The van der Waals surface area contributed by atoms with Crippen LogP contribution in [0.5, 0.6) is 0 Å². The van der Waals surface area contributed by atoms with E-state index in [-0.39, 0.29) is 6.23 Å². The number of hydrogen-bond donors (Lipinski definition) is 0. The van der Waals surface area contributed by atoms with Gasteiger partial charge in [-0.1, -0.05) is 30.3 Å². The second kappa shape index (κ2) is 10.3. The van der Waals surface area contributed by atoms with Gasteiger partial charge in [-0.3, -0.25) is 0 Å². The molecule has 0 saturated heterocycles. The van der Waals surface area contributed by atoms with E-state index in [0.29, 0.717) is 19.8 Å². The van der Waals surface area contributed by atoms with Gasteiger partial charge < -0.3 is 18.0 Å². The van der Waals surface area contributed by atoms with Crippen LogP contribution in [-0.2, 0) is 22.8 Å². The molecule has 1 rings (SSSR count). The maximum Gasteiger partial charge on any atom is 0.540 e. The predicted molar refractivity (Wildman–Crippen MR) is 87.1 cm³/mol. The Balaban J connectivity index is 2.59. The molecule has 0 radical (unpaired) electrons. The zero-order valence-corrected chi connectivity index (χ0v) is 14.4. The van der Waals surface area contributed by atoms with Gasteiger partial charge in [-0.2, -0.15) is 0 Å². The Morgan fingerprint density at radius 1 is 1.00 bits per heavy atom. The van der Waals surface area contributed by atoms with Gasteiger partial charge in [0.2, 0.25) is 0 Å². The van der Waals surface area contributed by atoms with Crippen molar-refractivity contribution in [2.45, 2.75) is 20.8 Å². The summed E-state index contributed by atoms with van der Waals surface area (Å²) in [4.78, 5) is 11.8. The van der Waals surface area contributed by atoms with Crippen molar-refractivity contribution in [2.24, 2.45) is 0 Å². The third kappa shape index (κ3) is 6.53. The van der Waals surface area contributed by atoms with Crippen molar-refractivity contribution < 1.29 is 22.8 Å². The Kier molecular flexibility index (Phi) is 8.68. The van der Waals surface area contributed by atoms with Crippen LogP contribution in [0.15, 0.2) is 36.4 Å². The fourth-order valence-electron chi connectivity index (χ4n) is 1.85. The predicted octanol–water partition coefficient (Wildman–Crippen LogP) is 2.83. The highest BCUT2D eigenvalue weighted by atomic mass is 28.4. The molecule has 0 atom stereocenters. The molecule has 1 aromatic carbocycles. The summed E-state index contributed by atoms with van der Waals surface area (Å²) in [7, 11) is -2.94. The lowest BCUT2D eigenvalue weighted by atomic mass is 10.2. The molecule has 0 aliphatic heterocycles. The number of benzene rings is 1. The maximum absolute atomic E-state index is 11.8. The lowest BCUT2D eigenvalue weighted by Crippen LogP contribution is -2.51. The number of carbonyl (C=O) groups is 1. The molecule has 0 saturated carbocycles. The molecule has 0 aromatic heterocycles. The molecule has 0 bridgehead atoms. The Labute approximate surface area is 133 Å². The van der Waals surface area contributed by atoms with Gasteiger partial charge in [-0.15, -0.1) is 0 Å². The van der Waals surface area contributed by atoms with Gasteiger partial charge in [-0.25, -0.2) is 4.79 Å². The zero-order chi connectivity index (χ0) is 16.3. The second-order valence-corrected chi connectivity index (χ2v) is 6.85. The summed E-state index contributed by atoms with van der Waals surface area (Å²) in [6, 6.07) is 9.54. The second-order valence-electron chi connectivity index (χ2n) is 4.33. The van der Waals surface area contributed by atoms with Crippen molar-refractivity contribution >= 4 is 20.8 Å². The van der Waals surface area contributed by atoms with E-state index in [1.165, 1.54) is 6.08 Å². The van der Waals surface area contributed by atoms with E-state index < -0.39 is 14.8 Å². The van der Waals surface area contributed by atoms with Crippen molar-refractivity contribution in [3.8, 4) is 0 Å². The Morgan fingerprint density at radius 2 is 1.55 bits per heavy atom. The molecule has 5 nitrogen and oxygen atoms in total. The average molecular weight is 324 g/mol. The summed E-state index contributed by atoms with van der Waals surface area (Å²) in [5, 5.41) is 0. The first-order valence-corrected chi connectivity index (χ1v) is 9.40. The van der Waals surface area contributed by atoms with Crippen LogP contribution in [0.1, 0.15) is 26.3 Å². The number of hydrogen-bond acceptors (Lipinski definition) is 5. The summed E-state index contributed by atoms with van der Waals surface area (Å²) < 4.78 is 22.1. The molecule has 0 aliphatic carbocycles. The number of rotatable bonds is 10. The van der Waals surface area contributed by atoms with E-state index in [4.69, 9.17) is 18.0 Å². The minimum absolute atomic E-state index is 0.0144. The molecule has 0 heterocycles. The first kappa shape index (κ1) is 18.6. The molecule has 22 heavy (non-hydrogen) atoms. The highest BCUT2D eigenvalue weighted by molar-refractivity contribution is 6.60. The maximum atomic E-state index is 11.8. The summed E-state index contributed by atoms with van der Waals surface area (Å²) >= 11 is 0. The molecule has 0 aliphatic rings. The highest BCUT2D eigenvalue weighted by Crippen LogP contribution is 2.11. The summed E-state index contributed by atoms with van der Waals surface area (Å²) in [5.41, 5.74) is 0.933.